The van der Waals surface area contributed by atoms with Gasteiger partial charge in [-0.15, -0.1) is 0 Å². The molecule has 1 amide bonds. The van der Waals surface area contributed by atoms with Crippen LogP contribution in [0.5, 0.6) is 5.75 Å². The fraction of sp³-hybridized carbons (Fsp3) is 0.231. The zero-order valence-electron chi connectivity index (χ0n) is 10.6. The van der Waals surface area contributed by atoms with E-state index < -0.39 is 0 Å². The predicted octanol–water partition coefficient (Wildman–Crippen LogP) is 1.59. The molecule has 100 valence electrons. The van der Waals surface area contributed by atoms with Crippen LogP contribution in [0.4, 0.5) is 5.69 Å². The number of ether oxygens (including phenoxy) is 1. The molecule has 0 fully saturated rings. The van der Waals surface area contributed by atoms with Crippen molar-refractivity contribution in [3.05, 3.63) is 41.8 Å². The zero-order chi connectivity index (χ0) is 13.7. The number of hydrogen-bond acceptors (Lipinski definition) is 5. The Bertz CT molecular complexity index is 552. The summed E-state index contributed by atoms with van der Waals surface area (Å²) in [5.74, 6) is 0.355. The van der Waals surface area contributed by atoms with Crippen molar-refractivity contribution in [3.63, 3.8) is 0 Å². The predicted molar refractivity (Wildman–Crippen MR) is 69.7 cm³/mol. The number of carbonyl (C=O) groups excluding carboxylic acids is 1. The van der Waals surface area contributed by atoms with Crippen molar-refractivity contribution in [2.24, 2.45) is 0 Å². The SMILES string of the molecule is CCOc1ccc(C(=O)NCc2ccon2)cc1N. The Hall–Kier alpha value is -2.50. The molecule has 0 spiro atoms. The van der Waals surface area contributed by atoms with Crippen molar-refractivity contribution in [2.75, 3.05) is 12.3 Å². The second kappa shape index (κ2) is 5.90. The van der Waals surface area contributed by atoms with Crippen molar-refractivity contribution in [1.29, 1.82) is 0 Å². The monoisotopic (exact) mass is 261 g/mol. The largest absolute Gasteiger partial charge is 0.492 e. The summed E-state index contributed by atoms with van der Waals surface area (Å²) in [7, 11) is 0. The third-order valence-electron chi connectivity index (χ3n) is 2.49. The van der Waals surface area contributed by atoms with Crippen LogP contribution >= 0.6 is 0 Å². The molecule has 0 saturated heterocycles. The van der Waals surface area contributed by atoms with Crippen molar-refractivity contribution < 1.29 is 14.1 Å². The van der Waals surface area contributed by atoms with E-state index >= 15 is 0 Å². The van der Waals surface area contributed by atoms with Gasteiger partial charge in [-0.2, -0.15) is 0 Å². The van der Waals surface area contributed by atoms with E-state index in [0.29, 0.717) is 35.8 Å². The maximum Gasteiger partial charge on any atom is 0.251 e. The van der Waals surface area contributed by atoms with Gasteiger partial charge in [0.1, 0.15) is 17.7 Å². The number of benzene rings is 1. The number of carbonyl (C=O) groups is 1. The molecule has 0 unspecified atom stereocenters. The number of nitrogen functional groups attached to an aromatic ring is 1. The first-order valence-corrected chi connectivity index (χ1v) is 5.90. The second-order valence-corrected chi connectivity index (χ2v) is 3.86. The average Bonchev–Trinajstić information content (AvgIpc) is 2.91. The smallest absolute Gasteiger partial charge is 0.251 e. The van der Waals surface area contributed by atoms with Gasteiger partial charge in [-0.1, -0.05) is 5.16 Å². The van der Waals surface area contributed by atoms with Crippen LogP contribution in [0.15, 0.2) is 35.1 Å². The van der Waals surface area contributed by atoms with Gasteiger partial charge in [-0.25, -0.2) is 0 Å². The summed E-state index contributed by atoms with van der Waals surface area (Å²) in [5.41, 5.74) is 7.38. The van der Waals surface area contributed by atoms with E-state index in [2.05, 4.69) is 15.0 Å². The Labute approximate surface area is 110 Å². The van der Waals surface area contributed by atoms with Crippen molar-refractivity contribution in [2.45, 2.75) is 13.5 Å². The number of nitrogens with one attached hydrogen (secondary N) is 1. The Morgan fingerprint density at radius 2 is 2.32 bits per heavy atom. The van der Waals surface area contributed by atoms with Crippen molar-refractivity contribution in [3.8, 4) is 5.75 Å². The average molecular weight is 261 g/mol. The van der Waals surface area contributed by atoms with Gasteiger partial charge < -0.3 is 20.3 Å². The summed E-state index contributed by atoms with van der Waals surface area (Å²) in [6.07, 6.45) is 1.45. The van der Waals surface area contributed by atoms with Gasteiger partial charge in [0.15, 0.2) is 0 Å². The molecule has 1 heterocycles. The molecule has 1 aromatic carbocycles. The highest BCUT2D eigenvalue weighted by Gasteiger charge is 2.09. The van der Waals surface area contributed by atoms with Gasteiger partial charge in [0.05, 0.1) is 18.8 Å². The minimum atomic E-state index is -0.224. The number of amides is 1. The van der Waals surface area contributed by atoms with Crippen LogP contribution in [0.3, 0.4) is 0 Å². The zero-order valence-corrected chi connectivity index (χ0v) is 10.6. The third-order valence-corrected chi connectivity index (χ3v) is 2.49. The topological polar surface area (TPSA) is 90.4 Å². The number of aromatic nitrogens is 1. The molecule has 0 atom stereocenters. The molecule has 0 bridgehead atoms. The normalized spacial score (nSPS) is 10.2. The van der Waals surface area contributed by atoms with E-state index in [1.54, 1.807) is 24.3 Å². The van der Waals surface area contributed by atoms with Gasteiger partial charge in [0.2, 0.25) is 0 Å². The van der Waals surface area contributed by atoms with E-state index in [0.717, 1.165) is 0 Å². The highest BCUT2D eigenvalue weighted by atomic mass is 16.5. The summed E-state index contributed by atoms with van der Waals surface area (Å²) in [4.78, 5) is 11.9. The first-order valence-electron chi connectivity index (χ1n) is 5.90. The quantitative estimate of drug-likeness (QED) is 0.797. The van der Waals surface area contributed by atoms with E-state index in [4.69, 9.17) is 10.5 Å². The molecule has 1 aromatic heterocycles. The highest BCUT2D eigenvalue weighted by molar-refractivity contribution is 5.95. The van der Waals surface area contributed by atoms with Crippen LogP contribution in [0, 0.1) is 0 Å². The molecular formula is C13H15N3O3. The number of nitrogens with zero attached hydrogens (tertiary/aromatic N) is 1. The highest BCUT2D eigenvalue weighted by Crippen LogP contribution is 2.22. The molecular weight excluding hydrogens is 246 g/mol. The Morgan fingerprint density at radius 1 is 1.47 bits per heavy atom. The van der Waals surface area contributed by atoms with Gasteiger partial charge in [0, 0.05) is 11.6 Å². The van der Waals surface area contributed by atoms with Crippen LogP contribution in [0.1, 0.15) is 23.0 Å². The molecule has 3 N–H and O–H groups in total. The first kappa shape index (κ1) is 12.9. The number of nitrogens with two attached hydrogens (primary N) is 1. The molecule has 0 radical (unpaired) electrons. The first-order chi connectivity index (χ1) is 9.20. The van der Waals surface area contributed by atoms with Crippen molar-refractivity contribution in [1.82, 2.24) is 10.5 Å². The summed E-state index contributed by atoms with van der Waals surface area (Å²) in [6, 6.07) is 6.62. The minimum Gasteiger partial charge on any atom is -0.492 e. The van der Waals surface area contributed by atoms with Crippen LogP contribution in [0.2, 0.25) is 0 Å². The van der Waals surface area contributed by atoms with Crippen LogP contribution < -0.4 is 15.8 Å². The molecule has 6 heteroatoms. The number of rotatable bonds is 5. The maximum absolute atomic E-state index is 11.9. The molecule has 0 aliphatic rings. The van der Waals surface area contributed by atoms with Gasteiger partial charge in [-0.05, 0) is 25.1 Å². The summed E-state index contributed by atoms with van der Waals surface area (Å²) in [5, 5.41) is 6.43. The lowest BCUT2D eigenvalue weighted by Gasteiger charge is -2.08. The number of anilines is 1. The minimum absolute atomic E-state index is 0.224. The molecule has 0 saturated carbocycles. The fourth-order valence-corrected chi connectivity index (χ4v) is 1.58. The van der Waals surface area contributed by atoms with E-state index in [9.17, 15) is 4.79 Å². The van der Waals surface area contributed by atoms with E-state index in [-0.39, 0.29) is 5.91 Å². The molecule has 6 nitrogen and oxygen atoms in total. The summed E-state index contributed by atoms with van der Waals surface area (Å²) < 4.78 is 9.99. The van der Waals surface area contributed by atoms with Crippen molar-refractivity contribution >= 4 is 11.6 Å². The maximum atomic E-state index is 11.9. The van der Waals surface area contributed by atoms with E-state index in [1.807, 2.05) is 6.92 Å². The standard InChI is InChI=1S/C13H15N3O3/c1-2-18-12-4-3-9(7-11(12)14)13(17)15-8-10-5-6-19-16-10/h3-7H,2,8,14H2,1H3,(H,15,17). The second-order valence-electron chi connectivity index (χ2n) is 3.86. The third kappa shape index (κ3) is 3.25. The summed E-state index contributed by atoms with van der Waals surface area (Å²) >= 11 is 0. The van der Waals surface area contributed by atoms with Crippen LogP contribution in [0.25, 0.3) is 0 Å². The van der Waals surface area contributed by atoms with Gasteiger partial charge in [-0.3, -0.25) is 4.79 Å². The lowest BCUT2D eigenvalue weighted by Crippen LogP contribution is -2.23. The van der Waals surface area contributed by atoms with Crippen LogP contribution in [-0.4, -0.2) is 17.7 Å². The molecule has 0 aliphatic heterocycles. The Morgan fingerprint density at radius 3 is 2.95 bits per heavy atom. The molecule has 2 aromatic rings. The lowest BCUT2D eigenvalue weighted by molar-refractivity contribution is 0.0950. The van der Waals surface area contributed by atoms with Gasteiger partial charge in [0.25, 0.3) is 5.91 Å². The fourth-order valence-electron chi connectivity index (χ4n) is 1.58. The lowest BCUT2D eigenvalue weighted by atomic mass is 10.1. The Kier molecular flexibility index (Phi) is 4.02. The Balaban J connectivity index is 2.01. The molecule has 2 rings (SSSR count). The van der Waals surface area contributed by atoms with E-state index in [1.165, 1.54) is 6.26 Å². The molecule has 0 aliphatic carbocycles. The summed E-state index contributed by atoms with van der Waals surface area (Å²) in [6.45, 7) is 2.71. The number of hydrogen-bond donors (Lipinski definition) is 2. The van der Waals surface area contributed by atoms with Gasteiger partial charge >= 0.3 is 0 Å². The molecule has 19 heavy (non-hydrogen) atoms. The van der Waals surface area contributed by atoms with Crippen LogP contribution in [-0.2, 0) is 6.54 Å².